The number of carbonyl (C=O) groups is 2. The monoisotopic (exact) mass is 363 g/mol. The number of hydrogen-bond donors (Lipinski definition) is 3. The quantitative estimate of drug-likeness (QED) is 0.623. The second kappa shape index (κ2) is 9.43. The Morgan fingerprint density at radius 1 is 1.38 bits per heavy atom. The van der Waals surface area contributed by atoms with E-state index in [1.165, 1.54) is 0 Å². The Bertz CT molecular complexity index is 617. The lowest BCUT2D eigenvalue weighted by Gasteiger charge is -2.42. The van der Waals surface area contributed by atoms with Crippen LogP contribution in [0.25, 0.3) is 0 Å². The summed E-state index contributed by atoms with van der Waals surface area (Å²) < 4.78 is 5.21. The van der Waals surface area contributed by atoms with Gasteiger partial charge in [0, 0.05) is 18.1 Å². The van der Waals surface area contributed by atoms with Gasteiger partial charge in [-0.3, -0.25) is 9.69 Å². The number of benzene rings is 1. The van der Waals surface area contributed by atoms with Crippen LogP contribution in [0.1, 0.15) is 32.3 Å². The van der Waals surface area contributed by atoms with Crippen LogP contribution in [0.15, 0.2) is 24.3 Å². The number of hydrogen-bond acceptors (Lipinski definition) is 4. The maximum absolute atomic E-state index is 12.1. The molecule has 0 radical (unpaired) electrons. The van der Waals surface area contributed by atoms with E-state index in [-0.39, 0.29) is 30.7 Å². The van der Waals surface area contributed by atoms with Crippen molar-refractivity contribution in [3.8, 4) is 5.75 Å². The number of carboxylic acid groups (broad SMARTS) is 1. The molecule has 0 saturated heterocycles. The minimum Gasteiger partial charge on any atom is -0.497 e. The summed E-state index contributed by atoms with van der Waals surface area (Å²) >= 11 is 0. The molecule has 7 heteroatoms. The number of carboxylic acids is 1. The van der Waals surface area contributed by atoms with Gasteiger partial charge in [-0.05, 0) is 50.4 Å². The van der Waals surface area contributed by atoms with Crippen LogP contribution in [0.5, 0.6) is 5.75 Å². The van der Waals surface area contributed by atoms with Crippen molar-refractivity contribution in [2.24, 2.45) is 0 Å². The third kappa shape index (κ3) is 5.91. The van der Waals surface area contributed by atoms with Crippen molar-refractivity contribution in [1.29, 1.82) is 0 Å². The van der Waals surface area contributed by atoms with E-state index in [1.54, 1.807) is 7.11 Å². The zero-order valence-corrected chi connectivity index (χ0v) is 15.7. The molecule has 144 valence electrons. The molecule has 1 aromatic carbocycles. The number of urea groups is 1. The lowest BCUT2D eigenvalue weighted by Crippen LogP contribution is -2.57. The van der Waals surface area contributed by atoms with Crippen molar-refractivity contribution >= 4 is 12.0 Å². The topological polar surface area (TPSA) is 90.9 Å². The van der Waals surface area contributed by atoms with Gasteiger partial charge in [0.1, 0.15) is 5.75 Å². The van der Waals surface area contributed by atoms with E-state index in [0.717, 1.165) is 30.6 Å². The Kier molecular flexibility index (Phi) is 7.26. The zero-order chi connectivity index (χ0) is 19.1. The third-order valence-electron chi connectivity index (χ3n) is 4.76. The molecule has 1 fully saturated rings. The fourth-order valence-electron chi connectivity index (χ4n) is 3.33. The lowest BCUT2D eigenvalue weighted by atomic mass is 9.85. The second-order valence-electron chi connectivity index (χ2n) is 6.85. The van der Waals surface area contributed by atoms with Crippen molar-refractivity contribution < 1.29 is 19.4 Å². The first-order chi connectivity index (χ1) is 12.4. The summed E-state index contributed by atoms with van der Waals surface area (Å²) in [5, 5.41) is 14.8. The van der Waals surface area contributed by atoms with Gasteiger partial charge in [0.05, 0.1) is 13.7 Å². The Morgan fingerprint density at radius 3 is 2.73 bits per heavy atom. The molecule has 1 aromatic rings. The average Bonchev–Trinajstić information content (AvgIpc) is 2.55. The number of likely N-dealkylation sites (N-methyl/N-ethyl adjacent to an activating group) is 1. The summed E-state index contributed by atoms with van der Waals surface area (Å²) in [5.74, 6) is -0.00568. The summed E-state index contributed by atoms with van der Waals surface area (Å²) in [5.41, 5.74) is 1.10. The highest BCUT2D eigenvalue weighted by molar-refractivity contribution is 5.74. The Labute approximate surface area is 154 Å². The van der Waals surface area contributed by atoms with E-state index in [9.17, 15) is 9.59 Å². The molecule has 3 N–H and O–H groups in total. The normalized spacial score (nSPS) is 20.2. The molecular formula is C19H29N3O4. The molecule has 0 aromatic heterocycles. The molecule has 2 rings (SSSR count). The van der Waals surface area contributed by atoms with Gasteiger partial charge in [-0.2, -0.15) is 0 Å². The van der Waals surface area contributed by atoms with Crippen LogP contribution in [-0.2, 0) is 11.2 Å². The molecule has 7 nitrogen and oxygen atoms in total. The maximum Gasteiger partial charge on any atom is 0.317 e. The van der Waals surface area contributed by atoms with Crippen LogP contribution in [-0.4, -0.2) is 60.3 Å². The van der Waals surface area contributed by atoms with Crippen LogP contribution < -0.4 is 15.4 Å². The van der Waals surface area contributed by atoms with Gasteiger partial charge in [0.2, 0.25) is 0 Å². The molecule has 1 unspecified atom stereocenters. The zero-order valence-electron chi connectivity index (χ0n) is 15.7. The van der Waals surface area contributed by atoms with Crippen LogP contribution in [0.4, 0.5) is 4.79 Å². The Morgan fingerprint density at radius 2 is 2.12 bits per heavy atom. The molecule has 26 heavy (non-hydrogen) atoms. The number of carbonyl (C=O) groups excluding carboxylic acids is 1. The molecule has 0 aliphatic heterocycles. The molecule has 2 amide bonds. The van der Waals surface area contributed by atoms with E-state index >= 15 is 0 Å². The van der Waals surface area contributed by atoms with E-state index in [4.69, 9.17) is 9.84 Å². The predicted molar refractivity (Wildman–Crippen MR) is 99.5 cm³/mol. The standard InChI is InChI=1S/C19H29N3O4/c1-4-22(12-18(23)24)16-10-15(11-16)21-19(25)20-13(2)8-14-6-5-7-17(9-14)26-3/h5-7,9,13,15-16H,4,8,10-12H2,1-3H3,(H,23,24)(H2,20,21,25). The van der Waals surface area contributed by atoms with E-state index in [0.29, 0.717) is 6.54 Å². The fraction of sp³-hybridized carbons (Fsp3) is 0.579. The number of nitrogens with one attached hydrogen (secondary N) is 2. The van der Waals surface area contributed by atoms with Gasteiger partial charge in [0.25, 0.3) is 0 Å². The summed E-state index contributed by atoms with van der Waals surface area (Å²) in [4.78, 5) is 24.9. The molecule has 0 bridgehead atoms. The largest absolute Gasteiger partial charge is 0.497 e. The average molecular weight is 363 g/mol. The molecule has 0 spiro atoms. The van der Waals surface area contributed by atoms with E-state index in [1.807, 2.05) is 43.0 Å². The van der Waals surface area contributed by atoms with Crippen molar-refractivity contribution in [3.05, 3.63) is 29.8 Å². The van der Waals surface area contributed by atoms with Gasteiger partial charge in [0.15, 0.2) is 0 Å². The first-order valence-electron chi connectivity index (χ1n) is 9.07. The summed E-state index contributed by atoms with van der Waals surface area (Å²) in [7, 11) is 1.64. The number of nitrogens with zero attached hydrogens (tertiary/aromatic N) is 1. The SMILES string of the molecule is CCN(CC(=O)O)C1CC(NC(=O)NC(C)Cc2cccc(OC)c2)C1. The van der Waals surface area contributed by atoms with Crippen molar-refractivity contribution in [2.75, 3.05) is 20.2 Å². The highest BCUT2D eigenvalue weighted by atomic mass is 16.5. The number of rotatable bonds is 9. The molecule has 1 aliphatic carbocycles. The van der Waals surface area contributed by atoms with Crippen molar-refractivity contribution in [3.63, 3.8) is 0 Å². The molecule has 0 heterocycles. The molecular weight excluding hydrogens is 334 g/mol. The minimum atomic E-state index is -0.813. The van der Waals surface area contributed by atoms with Crippen LogP contribution in [0, 0.1) is 0 Å². The van der Waals surface area contributed by atoms with Crippen LogP contribution in [0.3, 0.4) is 0 Å². The van der Waals surface area contributed by atoms with Gasteiger partial charge in [-0.1, -0.05) is 19.1 Å². The second-order valence-corrected chi connectivity index (χ2v) is 6.85. The van der Waals surface area contributed by atoms with Crippen molar-refractivity contribution in [2.45, 2.75) is 51.2 Å². The number of amides is 2. The van der Waals surface area contributed by atoms with Gasteiger partial charge >= 0.3 is 12.0 Å². The Hall–Kier alpha value is -2.28. The summed E-state index contributed by atoms with van der Waals surface area (Å²) in [6, 6.07) is 7.97. The lowest BCUT2D eigenvalue weighted by molar-refractivity contribution is -0.139. The number of aliphatic carboxylic acids is 1. The van der Waals surface area contributed by atoms with Crippen LogP contribution >= 0.6 is 0 Å². The summed E-state index contributed by atoms with van der Waals surface area (Å²) in [6.45, 7) is 4.68. The van der Waals surface area contributed by atoms with Gasteiger partial charge in [-0.15, -0.1) is 0 Å². The molecule has 1 saturated carbocycles. The maximum atomic E-state index is 12.1. The highest BCUT2D eigenvalue weighted by Gasteiger charge is 2.34. The van der Waals surface area contributed by atoms with Crippen LogP contribution in [0.2, 0.25) is 0 Å². The third-order valence-corrected chi connectivity index (χ3v) is 4.76. The minimum absolute atomic E-state index is 0.00266. The van der Waals surface area contributed by atoms with Gasteiger partial charge < -0.3 is 20.5 Å². The highest BCUT2D eigenvalue weighted by Crippen LogP contribution is 2.25. The first kappa shape index (κ1) is 20.0. The first-order valence-corrected chi connectivity index (χ1v) is 9.07. The van der Waals surface area contributed by atoms with E-state index in [2.05, 4.69) is 10.6 Å². The molecule has 1 aliphatic rings. The summed E-state index contributed by atoms with van der Waals surface area (Å²) in [6.07, 6.45) is 2.30. The number of ether oxygens (including phenoxy) is 1. The Balaban J connectivity index is 1.71. The fourth-order valence-corrected chi connectivity index (χ4v) is 3.33. The van der Waals surface area contributed by atoms with Gasteiger partial charge in [-0.25, -0.2) is 4.79 Å². The smallest absolute Gasteiger partial charge is 0.317 e. The molecule has 1 atom stereocenters. The number of methoxy groups -OCH3 is 1. The van der Waals surface area contributed by atoms with E-state index < -0.39 is 5.97 Å². The van der Waals surface area contributed by atoms with Crippen molar-refractivity contribution in [1.82, 2.24) is 15.5 Å². The predicted octanol–water partition coefficient (Wildman–Crippen LogP) is 1.86.